The molecule has 110 valence electrons. The Balaban J connectivity index is 1.93. The van der Waals surface area contributed by atoms with Crippen LogP contribution in [0.2, 0.25) is 0 Å². The van der Waals surface area contributed by atoms with Crippen molar-refractivity contribution in [3.05, 3.63) is 53.8 Å². The summed E-state index contributed by atoms with van der Waals surface area (Å²) in [6, 6.07) is 11.6. The summed E-state index contributed by atoms with van der Waals surface area (Å²) in [5.74, 6) is -0.509. The van der Waals surface area contributed by atoms with Crippen LogP contribution in [-0.4, -0.2) is 13.0 Å². The summed E-state index contributed by atoms with van der Waals surface area (Å²) >= 11 is 0. The molecule has 0 radical (unpaired) electrons. The van der Waals surface area contributed by atoms with E-state index in [1.54, 1.807) is 6.07 Å². The molecule has 0 aliphatic rings. The number of ether oxygens (including phenoxy) is 1. The van der Waals surface area contributed by atoms with Crippen molar-refractivity contribution in [1.82, 2.24) is 0 Å². The van der Waals surface area contributed by atoms with Crippen LogP contribution in [0.3, 0.4) is 0 Å². The normalized spacial score (nSPS) is 10.2. The third kappa shape index (κ3) is 4.21. The Morgan fingerprint density at radius 2 is 2.10 bits per heavy atom. The molecule has 0 saturated carbocycles. The zero-order valence-corrected chi connectivity index (χ0v) is 11.7. The zero-order chi connectivity index (χ0) is 15.2. The van der Waals surface area contributed by atoms with Crippen LogP contribution in [0.25, 0.3) is 0 Å². The fourth-order valence-corrected chi connectivity index (χ4v) is 1.97. The lowest BCUT2D eigenvalue weighted by Crippen LogP contribution is -2.12. The number of hydrogen-bond donors (Lipinski definition) is 2. The Hall–Kier alpha value is -2.56. The smallest absolute Gasteiger partial charge is 0.224 e. The fourth-order valence-electron chi connectivity index (χ4n) is 1.97. The van der Waals surface area contributed by atoms with Crippen LogP contribution in [0.5, 0.6) is 5.75 Å². The molecule has 0 heterocycles. The van der Waals surface area contributed by atoms with Gasteiger partial charge in [-0.1, -0.05) is 12.1 Å². The Kier molecular flexibility index (Phi) is 4.77. The first-order valence-corrected chi connectivity index (χ1v) is 6.56. The van der Waals surface area contributed by atoms with E-state index in [-0.39, 0.29) is 11.7 Å². The number of rotatable bonds is 5. The highest BCUT2D eigenvalue weighted by molar-refractivity contribution is 5.91. The van der Waals surface area contributed by atoms with Gasteiger partial charge in [-0.25, -0.2) is 4.39 Å². The lowest BCUT2D eigenvalue weighted by Gasteiger charge is -2.08. The Bertz CT molecular complexity index is 644. The summed E-state index contributed by atoms with van der Waals surface area (Å²) in [5.41, 5.74) is 7.87. The minimum absolute atomic E-state index is 0.101. The van der Waals surface area contributed by atoms with E-state index in [4.69, 9.17) is 10.5 Å². The number of carbonyl (C=O) groups excluding carboxylic acids is 1. The van der Waals surface area contributed by atoms with E-state index in [1.807, 2.05) is 18.2 Å². The minimum Gasteiger partial charge on any atom is -0.494 e. The number of benzene rings is 2. The van der Waals surface area contributed by atoms with Gasteiger partial charge in [0.1, 0.15) is 0 Å². The van der Waals surface area contributed by atoms with Crippen molar-refractivity contribution < 1.29 is 13.9 Å². The summed E-state index contributed by atoms with van der Waals surface area (Å²) in [5, 5.41) is 2.71. The number of amides is 1. The molecule has 21 heavy (non-hydrogen) atoms. The van der Waals surface area contributed by atoms with Crippen molar-refractivity contribution in [3.8, 4) is 5.75 Å². The maximum Gasteiger partial charge on any atom is 0.224 e. The van der Waals surface area contributed by atoms with Crippen molar-refractivity contribution in [1.29, 1.82) is 0 Å². The van der Waals surface area contributed by atoms with Crippen LogP contribution in [0.4, 0.5) is 15.8 Å². The Morgan fingerprint density at radius 1 is 1.29 bits per heavy atom. The van der Waals surface area contributed by atoms with E-state index in [2.05, 4.69) is 5.32 Å². The summed E-state index contributed by atoms with van der Waals surface area (Å²) in [6.45, 7) is 0. The van der Waals surface area contributed by atoms with Crippen molar-refractivity contribution >= 4 is 17.3 Å². The number of halogens is 1. The SMILES string of the molecule is COc1cc(NC(=O)CCc2cccc(N)c2)ccc1F. The van der Waals surface area contributed by atoms with Gasteiger partial charge in [0.15, 0.2) is 11.6 Å². The number of carbonyl (C=O) groups is 1. The van der Waals surface area contributed by atoms with Gasteiger partial charge in [0.2, 0.25) is 5.91 Å². The van der Waals surface area contributed by atoms with E-state index in [0.29, 0.717) is 24.2 Å². The third-order valence-corrected chi connectivity index (χ3v) is 3.03. The predicted octanol–water partition coefficient (Wildman–Crippen LogP) is 2.99. The summed E-state index contributed by atoms with van der Waals surface area (Å²) in [7, 11) is 1.38. The molecule has 0 atom stereocenters. The van der Waals surface area contributed by atoms with Crippen LogP contribution in [0.1, 0.15) is 12.0 Å². The molecular formula is C16H17FN2O2. The van der Waals surface area contributed by atoms with E-state index < -0.39 is 5.82 Å². The number of nitrogens with one attached hydrogen (secondary N) is 1. The van der Waals surface area contributed by atoms with E-state index in [1.165, 1.54) is 25.3 Å². The Morgan fingerprint density at radius 3 is 2.81 bits per heavy atom. The van der Waals surface area contributed by atoms with E-state index in [0.717, 1.165) is 5.56 Å². The number of anilines is 2. The molecular weight excluding hydrogens is 271 g/mol. The molecule has 0 aliphatic heterocycles. The highest BCUT2D eigenvalue weighted by Crippen LogP contribution is 2.21. The van der Waals surface area contributed by atoms with Crippen molar-refractivity contribution in [2.45, 2.75) is 12.8 Å². The van der Waals surface area contributed by atoms with Gasteiger partial charge < -0.3 is 15.8 Å². The molecule has 0 aromatic heterocycles. The summed E-state index contributed by atoms with van der Waals surface area (Å²) in [4.78, 5) is 11.9. The maximum atomic E-state index is 13.3. The second kappa shape index (κ2) is 6.74. The van der Waals surface area contributed by atoms with E-state index >= 15 is 0 Å². The van der Waals surface area contributed by atoms with Gasteiger partial charge in [0.25, 0.3) is 0 Å². The third-order valence-electron chi connectivity index (χ3n) is 3.03. The van der Waals surface area contributed by atoms with Crippen molar-refractivity contribution in [3.63, 3.8) is 0 Å². The molecule has 0 aliphatic carbocycles. The molecule has 0 saturated heterocycles. The lowest BCUT2D eigenvalue weighted by molar-refractivity contribution is -0.116. The molecule has 0 bridgehead atoms. The van der Waals surface area contributed by atoms with E-state index in [9.17, 15) is 9.18 Å². The number of methoxy groups -OCH3 is 1. The molecule has 2 aromatic carbocycles. The first kappa shape index (κ1) is 14.8. The maximum absolute atomic E-state index is 13.3. The fraction of sp³-hybridized carbons (Fsp3) is 0.188. The van der Waals surface area contributed by atoms with Gasteiger partial charge in [-0.3, -0.25) is 4.79 Å². The lowest BCUT2D eigenvalue weighted by atomic mass is 10.1. The largest absolute Gasteiger partial charge is 0.494 e. The van der Waals surface area contributed by atoms with Crippen LogP contribution >= 0.6 is 0 Å². The second-order valence-electron chi connectivity index (χ2n) is 4.64. The van der Waals surface area contributed by atoms with Crippen LogP contribution in [0.15, 0.2) is 42.5 Å². The summed E-state index contributed by atoms with van der Waals surface area (Å²) in [6.07, 6.45) is 0.915. The summed E-state index contributed by atoms with van der Waals surface area (Å²) < 4.78 is 18.1. The van der Waals surface area contributed by atoms with Gasteiger partial charge >= 0.3 is 0 Å². The van der Waals surface area contributed by atoms with Crippen molar-refractivity contribution in [2.24, 2.45) is 0 Å². The molecule has 5 heteroatoms. The molecule has 0 spiro atoms. The number of nitrogens with two attached hydrogens (primary N) is 1. The molecule has 0 unspecified atom stereocenters. The molecule has 1 amide bonds. The minimum atomic E-state index is -0.463. The molecule has 3 N–H and O–H groups in total. The van der Waals surface area contributed by atoms with Gasteiger partial charge in [0.05, 0.1) is 7.11 Å². The number of aryl methyl sites for hydroxylation is 1. The second-order valence-corrected chi connectivity index (χ2v) is 4.64. The van der Waals surface area contributed by atoms with Crippen LogP contribution in [-0.2, 0) is 11.2 Å². The molecule has 2 aromatic rings. The van der Waals surface area contributed by atoms with Gasteiger partial charge in [-0.05, 0) is 36.2 Å². The highest BCUT2D eigenvalue weighted by atomic mass is 19.1. The standard InChI is InChI=1S/C16H17FN2O2/c1-21-15-10-13(6-7-14(15)17)19-16(20)8-5-11-3-2-4-12(18)9-11/h2-4,6-7,9-10H,5,8,18H2,1H3,(H,19,20). The number of nitrogen functional groups attached to an aromatic ring is 1. The average molecular weight is 288 g/mol. The Labute approximate surface area is 122 Å². The molecule has 0 fully saturated rings. The van der Waals surface area contributed by atoms with Crippen LogP contribution in [0, 0.1) is 5.82 Å². The molecule has 4 nitrogen and oxygen atoms in total. The van der Waals surface area contributed by atoms with Crippen molar-refractivity contribution in [2.75, 3.05) is 18.2 Å². The van der Waals surface area contributed by atoms with Crippen LogP contribution < -0.4 is 15.8 Å². The topological polar surface area (TPSA) is 64.3 Å². The van der Waals surface area contributed by atoms with Gasteiger partial charge in [0, 0.05) is 23.9 Å². The zero-order valence-electron chi connectivity index (χ0n) is 11.7. The van der Waals surface area contributed by atoms with Gasteiger partial charge in [-0.15, -0.1) is 0 Å². The molecule has 2 rings (SSSR count). The predicted molar refractivity (Wildman–Crippen MR) is 80.8 cm³/mol. The quantitative estimate of drug-likeness (QED) is 0.831. The van der Waals surface area contributed by atoms with Gasteiger partial charge in [-0.2, -0.15) is 0 Å². The average Bonchev–Trinajstić information content (AvgIpc) is 2.47. The highest BCUT2D eigenvalue weighted by Gasteiger charge is 2.07. The monoisotopic (exact) mass is 288 g/mol. The first-order valence-electron chi connectivity index (χ1n) is 6.56. The number of hydrogen-bond acceptors (Lipinski definition) is 3. The first-order chi connectivity index (χ1) is 10.1.